The Hall–Kier alpha value is -1.99. The number of hydrogen-bond acceptors (Lipinski definition) is 4. The number of halogens is 2. The van der Waals surface area contributed by atoms with E-state index < -0.39 is 17.8 Å². The number of benzene rings is 2. The molecule has 2 atom stereocenters. The van der Waals surface area contributed by atoms with Crippen LogP contribution in [0.1, 0.15) is 11.6 Å². The third-order valence-electron chi connectivity index (χ3n) is 3.58. The van der Waals surface area contributed by atoms with Crippen molar-refractivity contribution in [2.24, 2.45) is 0 Å². The Morgan fingerprint density at radius 2 is 1.77 bits per heavy atom. The number of carboxylic acids is 1. The Balaban J connectivity index is 1.86. The van der Waals surface area contributed by atoms with Crippen molar-refractivity contribution in [2.45, 2.75) is 12.1 Å². The van der Waals surface area contributed by atoms with Gasteiger partial charge in [0.05, 0.1) is 11.1 Å². The van der Waals surface area contributed by atoms with Gasteiger partial charge in [-0.3, -0.25) is 4.79 Å². The van der Waals surface area contributed by atoms with Crippen LogP contribution in [0.15, 0.2) is 42.5 Å². The number of carbonyl (C=O) groups is 1. The molecule has 0 saturated carbocycles. The first-order chi connectivity index (χ1) is 10.6. The van der Waals surface area contributed by atoms with Gasteiger partial charge >= 0.3 is 5.97 Å². The van der Waals surface area contributed by atoms with Crippen molar-refractivity contribution >= 4 is 17.6 Å². The second-order valence-electron chi connectivity index (χ2n) is 4.96. The number of carboxylic acid groups (broad SMARTS) is 1. The Bertz CT molecular complexity index is 708. The van der Waals surface area contributed by atoms with Crippen LogP contribution in [0, 0.1) is 5.82 Å². The lowest BCUT2D eigenvalue weighted by Crippen LogP contribution is -2.38. The van der Waals surface area contributed by atoms with Crippen LogP contribution in [-0.2, 0) is 4.79 Å². The highest BCUT2D eigenvalue weighted by Crippen LogP contribution is 2.27. The summed E-state index contributed by atoms with van der Waals surface area (Å²) in [5, 5.41) is 9.21. The fourth-order valence-electron chi connectivity index (χ4n) is 2.40. The highest BCUT2D eigenvalue weighted by Gasteiger charge is 2.33. The molecule has 0 bridgehead atoms. The Labute approximate surface area is 131 Å². The molecule has 2 aromatic carbocycles. The first-order valence-corrected chi connectivity index (χ1v) is 6.98. The summed E-state index contributed by atoms with van der Waals surface area (Å²) in [7, 11) is 0. The van der Waals surface area contributed by atoms with E-state index in [1.165, 1.54) is 6.07 Å². The molecular formula is C15H13ClFN3O2. The molecule has 2 unspecified atom stereocenters. The lowest BCUT2D eigenvalue weighted by Gasteiger charge is -2.15. The van der Waals surface area contributed by atoms with Gasteiger partial charge in [-0.1, -0.05) is 41.9 Å². The third kappa shape index (κ3) is 2.82. The van der Waals surface area contributed by atoms with E-state index in [1.807, 2.05) is 24.3 Å². The van der Waals surface area contributed by atoms with Gasteiger partial charge < -0.3 is 5.11 Å². The van der Waals surface area contributed by atoms with Gasteiger partial charge in [-0.15, -0.1) is 0 Å². The molecule has 0 amide bonds. The van der Waals surface area contributed by atoms with Crippen molar-refractivity contribution in [3.05, 3.63) is 58.9 Å². The molecule has 0 radical (unpaired) electrons. The minimum absolute atomic E-state index is 0.0679. The molecule has 1 fully saturated rings. The second kappa shape index (κ2) is 6.02. The van der Waals surface area contributed by atoms with E-state index in [-0.39, 0.29) is 11.1 Å². The molecule has 22 heavy (non-hydrogen) atoms. The summed E-state index contributed by atoms with van der Waals surface area (Å²) in [5.74, 6) is -1.41. The van der Waals surface area contributed by atoms with E-state index in [1.54, 1.807) is 12.1 Å². The van der Waals surface area contributed by atoms with Crippen molar-refractivity contribution in [3.8, 4) is 11.1 Å². The van der Waals surface area contributed by atoms with E-state index in [4.69, 9.17) is 16.7 Å². The first kappa shape index (κ1) is 14.9. The molecule has 114 valence electrons. The third-order valence-corrected chi connectivity index (χ3v) is 3.87. The monoisotopic (exact) mass is 321 g/mol. The molecule has 1 aliphatic heterocycles. The summed E-state index contributed by atoms with van der Waals surface area (Å²) < 4.78 is 13.2. The average molecular weight is 322 g/mol. The molecular weight excluding hydrogens is 309 g/mol. The van der Waals surface area contributed by atoms with Crippen LogP contribution < -0.4 is 16.4 Å². The summed E-state index contributed by atoms with van der Waals surface area (Å²) in [5.41, 5.74) is 10.6. The zero-order chi connectivity index (χ0) is 15.7. The van der Waals surface area contributed by atoms with Gasteiger partial charge in [-0.05, 0) is 28.8 Å². The van der Waals surface area contributed by atoms with E-state index >= 15 is 0 Å². The number of aliphatic carboxylic acids is 1. The summed E-state index contributed by atoms with van der Waals surface area (Å²) in [6.07, 6.45) is 0. The smallest absolute Gasteiger partial charge is 0.324 e. The molecule has 5 nitrogen and oxygen atoms in total. The summed E-state index contributed by atoms with van der Waals surface area (Å²) >= 11 is 5.79. The Kier molecular flexibility index (Phi) is 4.08. The van der Waals surface area contributed by atoms with Gasteiger partial charge in [0.1, 0.15) is 11.9 Å². The molecule has 1 saturated heterocycles. The molecule has 0 aromatic heterocycles. The van der Waals surface area contributed by atoms with Gasteiger partial charge in [-0.2, -0.15) is 5.53 Å². The summed E-state index contributed by atoms with van der Waals surface area (Å²) in [6.45, 7) is 0. The molecule has 4 N–H and O–H groups in total. The summed E-state index contributed by atoms with van der Waals surface area (Å²) in [4.78, 5) is 11.2. The van der Waals surface area contributed by atoms with E-state index in [9.17, 15) is 9.18 Å². The van der Waals surface area contributed by atoms with Gasteiger partial charge in [-0.25, -0.2) is 15.2 Å². The molecule has 0 aliphatic carbocycles. The largest absolute Gasteiger partial charge is 0.480 e. The zero-order valence-electron chi connectivity index (χ0n) is 11.3. The van der Waals surface area contributed by atoms with Gasteiger partial charge in [0.15, 0.2) is 0 Å². The van der Waals surface area contributed by atoms with Crippen molar-refractivity contribution in [3.63, 3.8) is 0 Å². The molecule has 2 aromatic rings. The van der Waals surface area contributed by atoms with E-state index in [2.05, 4.69) is 16.4 Å². The SMILES string of the molecule is O=C(O)C1NNNC1c1ccc(-c2ccc(F)c(Cl)c2)cc1. The minimum atomic E-state index is -0.947. The van der Waals surface area contributed by atoms with Crippen LogP contribution in [0.3, 0.4) is 0 Å². The van der Waals surface area contributed by atoms with Crippen LogP contribution in [0.25, 0.3) is 11.1 Å². The molecule has 7 heteroatoms. The quantitative estimate of drug-likeness (QED) is 0.698. The highest BCUT2D eigenvalue weighted by molar-refractivity contribution is 6.31. The van der Waals surface area contributed by atoms with Crippen LogP contribution in [0.4, 0.5) is 4.39 Å². The van der Waals surface area contributed by atoms with Crippen LogP contribution in [0.2, 0.25) is 5.02 Å². The van der Waals surface area contributed by atoms with Gasteiger partial charge in [0.2, 0.25) is 0 Å². The zero-order valence-corrected chi connectivity index (χ0v) is 12.1. The van der Waals surface area contributed by atoms with E-state index in [0.29, 0.717) is 0 Å². The predicted octanol–water partition coefficient (Wildman–Crippen LogP) is 2.25. The van der Waals surface area contributed by atoms with Crippen molar-refractivity contribution in [1.82, 2.24) is 16.4 Å². The fraction of sp³-hybridized carbons (Fsp3) is 0.133. The van der Waals surface area contributed by atoms with Crippen LogP contribution >= 0.6 is 11.6 Å². The molecule has 3 rings (SSSR count). The van der Waals surface area contributed by atoms with E-state index in [0.717, 1.165) is 16.7 Å². The van der Waals surface area contributed by atoms with Crippen molar-refractivity contribution < 1.29 is 14.3 Å². The Morgan fingerprint density at radius 1 is 1.09 bits per heavy atom. The Morgan fingerprint density at radius 3 is 2.41 bits per heavy atom. The first-order valence-electron chi connectivity index (χ1n) is 6.60. The lowest BCUT2D eigenvalue weighted by molar-refractivity contribution is -0.139. The number of rotatable bonds is 3. The highest BCUT2D eigenvalue weighted by atomic mass is 35.5. The van der Waals surface area contributed by atoms with Crippen molar-refractivity contribution in [2.75, 3.05) is 0 Å². The maximum Gasteiger partial charge on any atom is 0.324 e. The predicted molar refractivity (Wildman–Crippen MR) is 80.4 cm³/mol. The standard InChI is InChI=1S/C15H13ClFN3O2/c16-11-7-10(5-6-12(11)17)8-1-3-9(4-2-8)13-14(15(21)22)19-20-18-13/h1-7,13-14,18-20H,(H,21,22). The average Bonchev–Trinajstić information content (AvgIpc) is 3.00. The number of nitrogens with one attached hydrogen (secondary N) is 3. The number of hydrazine groups is 2. The van der Waals surface area contributed by atoms with Crippen molar-refractivity contribution in [1.29, 1.82) is 0 Å². The second-order valence-corrected chi connectivity index (χ2v) is 5.37. The van der Waals surface area contributed by atoms with Crippen LogP contribution in [-0.4, -0.2) is 17.1 Å². The maximum atomic E-state index is 13.2. The fourth-order valence-corrected chi connectivity index (χ4v) is 2.58. The minimum Gasteiger partial charge on any atom is -0.480 e. The van der Waals surface area contributed by atoms with Gasteiger partial charge in [0.25, 0.3) is 0 Å². The van der Waals surface area contributed by atoms with Crippen LogP contribution in [0.5, 0.6) is 0 Å². The molecule has 0 spiro atoms. The summed E-state index contributed by atoms with van der Waals surface area (Å²) in [6, 6.07) is 10.7. The molecule has 1 heterocycles. The number of hydrogen-bond donors (Lipinski definition) is 4. The van der Waals surface area contributed by atoms with Gasteiger partial charge in [0, 0.05) is 0 Å². The normalized spacial score (nSPS) is 21.0. The maximum absolute atomic E-state index is 13.2. The lowest BCUT2D eigenvalue weighted by atomic mass is 9.97. The topological polar surface area (TPSA) is 73.4 Å². The molecule has 1 aliphatic rings.